The molecule has 0 spiro atoms. The van der Waals surface area contributed by atoms with Gasteiger partial charge in [0.05, 0.1) is 5.69 Å². The molecule has 138 valence electrons. The predicted molar refractivity (Wildman–Crippen MR) is 108 cm³/mol. The predicted octanol–water partition coefficient (Wildman–Crippen LogP) is 3.86. The lowest BCUT2D eigenvalue weighted by molar-refractivity contribution is 0.174. The highest BCUT2D eigenvalue weighted by Crippen LogP contribution is 2.33. The SMILES string of the molecule is c1ccc(-c2csc(N3CCN(Cc4ccc5c(c4)OCO5)CC3)n2)cc1. The molecule has 0 aliphatic carbocycles. The van der Waals surface area contributed by atoms with E-state index in [2.05, 4.69) is 51.6 Å². The first-order valence-corrected chi connectivity index (χ1v) is 10.1. The Morgan fingerprint density at radius 3 is 2.59 bits per heavy atom. The van der Waals surface area contributed by atoms with Crippen molar-refractivity contribution in [2.75, 3.05) is 37.9 Å². The number of rotatable bonds is 4. The minimum Gasteiger partial charge on any atom is -0.454 e. The van der Waals surface area contributed by atoms with Crippen LogP contribution in [-0.2, 0) is 6.54 Å². The Kier molecular flexibility index (Phi) is 4.43. The first kappa shape index (κ1) is 16.6. The third-order valence-electron chi connectivity index (χ3n) is 5.05. The van der Waals surface area contributed by atoms with Gasteiger partial charge >= 0.3 is 0 Å². The smallest absolute Gasteiger partial charge is 0.231 e. The van der Waals surface area contributed by atoms with Crippen LogP contribution in [0.3, 0.4) is 0 Å². The van der Waals surface area contributed by atoms with E-state index in [-0.39, 0.29) is 0 Å². The molecular formula is C21H21N3O2S. The zero-order valence-corrected chi connectivity index (χ0v) is 15.8. The lowest BCUT2D eigenvalue weighted by Crippen LogP contribution is -2.45. The summed E-state index contributed by atoms with van der Waals surface area (Å²) in [6.45, 7) is 5.36. The normalized spacial score (nSPS) is 16.7. The Morgan fingerprint density at radius 2 is 1.74 bits per heavy atom. The van der Waals surface area contributed by atoms with Crippen molar-refractivity contribution in [2.45, 2.75) is 6.54 Å². The Bertz CT molecular complexity index is 920. The summed E-state index contributed by atoms with van der Waals surface area (Å²) in [5.74, 6) is 1.71. The molecular weight excluding hydrogens is 358 g/mol. The van der Waals surface area contributed by atoms with E-state index < -0.39 is 0 Å². The molecule has 2 aliphatic rings. The molecule has 0 radical (unpaired) electrons. The number of thiazole rings is 1. The van der Waals surface area contributed by atoms with Crippen molar-refractivity contribution in [1.82, 2.24) is 9.88 Å². The highest BCUT2D eigenvalue weighted by atomic mass is 32.1. The number of benzene rings is 2. The van der Waals surface area contributed by atoms with Crippen LogP contribution in [0.15, 0.2) is 53.9 Å². The zero-order chi connectivity index (χ0) is 18.1. The van der Waals surface area contributed by atoms with E-state index in [1.165, 1.54) is 11.1 Å². The highest BCUT2D eigenvalue weighted by Gasteiger charge is 2.21. The Balaban J connectivity index is 1.20. The number of piperazine rings is 1. The van der Waals surface area contributed by atoms with E-state index in [1.807, 2.05) is 12.1 Å². The molecule has 0 bridgehead atoms. The van der Waals surface area contributed by atoms with Crippen LogP contribution < -0.4 is 14.4 Å². The van der Waals surface area contributed by atoms with Gasteiger partial charge in [0.2, 0.25) is 6.79 Å². The van der Waals surface area contributed by atoms with Crippen LogP contribution >= 0.6 is 11.3 Å². The summed E-state index contributed by atoms with van der Waals surface area (Å²) in [6, 6.07) is 16.6. The van der Waals surface area contributed by atoms with Crippen molar-refractivity contribution in [3.63, 3.8) is 0 Å². The average Bonchev–Trinajstić information content (AvgIpc) is 3.39. The third kappa shape index (κ3) is 3.50. The number of hydrogen-bond donors (Lipinski definition) is 0. The monoisotopic (exact) mass is 379 g/mol. The number of fused-ring (bicyclic) bond motifs is 1. The van der Waals surface area contributed by atoms with Gasteiger partial charge in [-0.15, -0.1) is 11.3 Å². The van der Waals surface area contributed by atoms with Gasteiger partial charge in [-0.3, -0.25) is 4.90 Å². The fourth-order valence-electron chi connectivity index (χ4n) is 3.55. The maximum atomic E-state index is 5.49. The van der Waals surface area contributed by atoms with Gasteiger partial charge in [0.1, 0.15) is 0 Å². The maximum absolute atomic E-state index is 5.49. The van der Waals surface area contributed by atoms with Crippen molar-refractivity contribution in [1.29, 1.82) is 0 Å². The van der Waals surface area contributed by atoms with E-state index in [9.17, 15) is 0 Å². The molecule has 0 atom stereocenters. The van der Waals surface area contributed by atoms with Crippen LogP contribution in [0, 0.1) is 0 Å². The summed E-state index contributed by atoms with van der Waals surface area (Å²) in [4.78, 5) is 9.73. The summed E-state index contributed by atoms with van der Waals surface area (Å²) >= 11 is 1.74. The lowest BCUT2D eigenvalue weighted by atomic mass is 10.1. The topological polar surface area (TPSA) is 37.8 Å². The van der Waals surface area contributed by atoms with Crippen molar-refractivity contribution >= 4 is 16.5 Å². The molecule has 3 heterocycles. The second kappa shape index (κ2) is 7.21. The molecule has 0 saturated carbocycles. The molecule has 5 rings (SSSR count). The number of ether oxygens (including phenoxy) is 2. The van der Waals surface area contributed by atoms with Gasteiger partial charge < -0.3 is 14.4 Å². The van der Waals surface area contributed by atoms with Gasteiger partial charge in [0.25, 0.3) is 0 Å². The van der Waals surface area contributed by atoms with Gasteiger partial charge in [-0.25, -0.2) is 4.98 Å². The fourth-order valence-corrected chi connectivity index (χ4v) is 4.43. The summed E-state index contributed by atoms with van der Waals surface area (Å²) < 4.78 is 10.9. The van der Waals surface area contributed by atoms with Crippen LogP contribution in [-0.4, -0.2) is 42.9 Å². The fraction of sp³-hybridized carbons (Fsp3) is 0.286. The quantitative estimate of drug-likeness (QED) is 0.688. The number of aromatic nitrogens is 1. The largest absolute Gasteiger partial charge is 0.454 e. The Labute approximate surface area is 162 Å². The number of nitrogens with zero attached hydrogens (tertiary/aromatic N) is 3. The molecule has 0 N–H and O–H groups in total. The number of anilines is 1. The molecule has 2 aromatic carbocycles. The van der Waals surface area contributed by atoms with Gasteiger partial charge in [0, 0.05) is 43.7 Å². The minimum atomic E-state index is 0.330. The zero-order valence-electron chi connectivity index (χ0n) is 15.0. The molecule has 1 saturated heterocycles. The Hall–Kier alpha value is -2.57. The standard InChI is InChI=1S/C21H21N3O2S/c1-2-4-17(5-3-1)18-14-27-21(22-18)24-10-8-23(9-11-24)13-16-6-7-19-20(12-16)26-15-25-19/h1-7,12,14H,8-11,13,15H2. The second-order valence-corrected chi connectivity index (χ2v) is 7.67. The van der Waals surface area contributed by atoms with E-state index in [4.69, 9.17) is 14.5 Å². The van der Waals surface area contributed by atoms with Crippen LogP contribution in [0.1, 0.15) is 5.56 Å². The molecule has 3 aromatic rings. The summed E-state index contributed by atoms with van der Waals surface area (Å²) in [7, 11) is 0. The van der Waals surface area contributed by atoms with E-state index in [0.717, 1.165) is 55.0 Å². The molecule has 2 aliphatic heterocycles. The molecule has 5 nitrogen and oxygen atoms in total. The second-order valence-electron chi connectivity index (χ2n) is 6.83. The molecule has 0 unspecified atom stereocenters. The van der Waals surface area contributed by atoms with Crippen molar-refractivity contribution in [3.8, 4) is 22.8 Å². The first-order chi connectivity index (χ1) is 13.3. The van der Waals surface area contributed by atoms with Crippen molar-refractivity contribution < 1.29 is 9.47 Å². The molecule has 0 amide bonds. The van der Waals surface area contributed by atoms with E-state index in [1.54, 1.807) is 11.3 Å². The van der Waals surface area contributed by atoms with Gasteiger partial charge in [-0.2, -0.15) is 0 Å². The van der Waals surface area contributed by atoms with Gasteiger partial charge in [0.15, 0.2) is 16.6 Å². The summed E-state index contributed by atoms with van der Waals surface area (Å²) in [6.07, 6.45) is 0. The van der Waals surface area contributed by atoms with Crippen LogP contribution in [0.5, 0.6) is 11.5 Å². The van der Waals surface area contributed by atoms with Gasteiger partial charge in [-0.1, -0.05) is 36.4 Å². The Morgan fingerprint density at radius 1 is 0.926 bits per heavy atom. The first-order valence-electron chi connectivity index (χ1n) is 9.22. The average molecular weight is 379 g/mol. The highest BCUT2D eigenvalue weighted by molar-refractivity contribution is 7.14. The molecule has 6 heteroatoms. The number of hydrogen-bond acceptors (Lipinski definition) is 6. The molecule has 1 aromatic heterocycles. The lowest BCUT2D eigenvalue weighted by Gasteiger charge is -2.34. The van der Waals surface area contributed by atoms with Crippen LogP contribution in [0.4, 0.5) is 5.13 Å². The van der Waals surface area contributed by atoms with Crippen molar-refractivity contribution in [3.05, 3.63) is 59.5 Å². The van der Waals surface area contributed by atoms with Crippen LogP contribution in [0.2, 0.25) is 0 Å². The maximum Gasteiger partial charge on any atom is 0.231 e. The summed E-state index contributed by atoms with van der Waals surface area (Å²) in [5.41, 5.74) is 3.52. The van der Waals surface area contributed by atoms with E-state index in [0.29, 0.717) is 6.79 Å². The minimum absolute atomic E-state index is 0.330. The molecule has 1 fully saturated rings. The molecule has 27 heavy (non-hydrogen) atoms. The van der Waals surface area contributed by atoms with Crippen molar-refractivity contribution in [2.24, 2.45) is 0 Å². The van der Waals surface area contributed by atoms with E-state index >= 15 is 0 Å². The van der Waals surface area contributed by atoms with Crippen LogP contribution in [0.25, 0.3) is 11.3 Å². The van der Waals surface area contributed by atoms with Gasteiger partial charge in [-0.05, 0) is 17.7 Å². The third-order valence-corrected chi connectivity index (χ3v) is 5.95. The summed E-state index contributed by atoms with van der Waals surface area (Å²) in [5, 5.41) is 3.28.